The minimum absolute atomic E-state index is 0.0104. The van der Waals surface area contributed by atoms with Crippen molar-refractivity contribution in [1.82, 2.24) is 4.90 Å². The average Bonchev–Trinajstić information content (AvgIpc) is 3.07. The largest absolute Gasteiger partial charge is 0.464 e. The number of hydrogen-bond donors (Lipinski definition) is 0. The second-order valence-electron chi connectivity index (χ2n) is 7.94. The molecule has 0 amide bonds. The number of fused-ring (bicyclic) bond motifs is 1. The molecule has 0 N–H and O–H groups in total. The highest BCUT2D eigenvalue weighted by Crippen LogP contribution is 2.46. The summed E-state index contributed by atoms with van der Waals surface area (Å²) in [5.41, 5.74) is 2.02. The number of hydrogen-bond acceptors (Lipinski definition) is 2. The molecule has 26 heavy (non-hydrogen) atoms. The standard InChI is InChI=1S/C22H23F2NO/c1-22(2)14-25(13-15-6-4-3-5-7-15)10-8-17(22)20-19(24)12-18(23)16-9-11-26-21(16)20/h3-7,9,11-12,17H,8,10,13-14H2,1-2H3. The van der Waals surface area contributed by atoms with Gasteiger partial charge in [-0.1, -0.05) is 44.2 Å². The summed E-state index contributed by atoms with van der Waals surface area (Å²) in [7, 11) is 0. The predicted octanol–water partition coefficient (Wildman–Crippen LogP) is 5.73. The Morgan fingerprint density at radius 2 is 1.88 bits per heavy atom. The number of halogens is 2. The summed E-state index contributed by atoms with van der Waals surface area (Å²) in [5, 5.41) is 0.365. The average molecular weight is 355 g/mol. The molecular weight excluding hydrogens is 332 g/mol. The SMILES string of the molecule is CC1(C)CN(Cc2ccccc2)CCC1c1c(F)cc(F)c2ccoc12. The van der Waals surface area contributed by atoms with Crippen LogP contribution in [0.3, 0.4) is 0 Å². The number of benzene rings is 2. The third kappa shape index (κ3) is 3.03. The molecule has 0 aliphatic carbocycles. The van der Waals surface area contributed by atoms with Crippen LogP contribution in [-0.2, 0) is 6.54 Å². The van der Waals surface area contributed by atoms with Crippen molar-refractivity contribution in [2.75, 3.05) is 13.1 Å². The molecule has 0 bridgehead atoms. The number of piperidine rings is 1. The molecule has 4 rings (SSSR count). The van der Waals surface area contributed by atoms with Crippen LogP contribution in [0.1, 0.15) is 37.3 Å². The lowest BCUT2D eigenvalue weighted by atomic mass is 9.70. The van der Waals surface area contributed by atoms with Gasteiger partial charge in [-0.05, 0) is 35.9 Å². The van der Waals surface area contributed by atoms with Crippen molar-refractivity contribution < 1.29 is 13.2 Å². The Morgan fingerprint density at radius 3 is 2.62 bits per heavy atom. The lowest BCUT2D eigenvalue weighted by Gasteiger charge is -2.44. The molecule has 1 atom stereocenters. The van der Waals surface area contributed by atoms with Gasteiger partial charge < -0.3 is 4.42 Å². The van der Waals surface area contributed by atoms with Gasteiger partial charge in [0.1, 0.15) is 17.2 Å². The second kappa shape index (κ2) is 6.51. The van der Waals surface area contributed by atoms with Crippen molar-refractivity contribution in [3.05, 3.63) is 71.5 Å². The molecule has 0 saturated carbocycles. The summed E-state index contributed by atoms with van der Waals surface area (Å²) in [4.78, 5) is 2.41. The Bertz CT molecular complexity index is 917. The fraction of sp³-hybridized carbons (Fsp3) is 0.364. The number of nitrogens with zero attached hydrogens (tertiary/aromatic N) is 1. The Hall–Kier alpha value is -2.20. The first-order valence-corrected chi connectivity index (χ1v) is 9.07. The maximum absolute atomic E-state index is 14.7. The quantitative estimate of drug-likeness (QED) is 0.597. The van der Waals surface area contributed by atoms with Gasteiger partial charge in [-0.2, -0.15) is 0 Å². The molecule has 0 spiro atoms. The van der Waals surface area contributed by atoms with E-state index in [0.717, 1.165) is 32.1 Å². The van der Waals surface area contributed by atoms with Crippen LogP contribution >= 0.6 is 0 Å². The van der Waals surface area contributed by atoms with E-state index in [1.165, 1.54) is 11.8 Å². The zero-order chi connectivity index (χ0) is 18.3. The minimum Gasteiger partial charge on any atom is -0.464 e. The zero-order valence-corrected chi connectivity index (χ0v) is 15.1. The molecule has 0 radical (unpaired) electrons. The van der Waals surface area contributed by atoms with E-state index in [1.54, 1.807) is 6.07 Å². The third-order valence-corrected chi connectivity index (χ3v) is 5.58. The molecule has 3 aromatic rings. The van der Waals surface area contributed by atoms with Crippen LogP contribution in [-0.4, -0.2) is 18.0 Å². The molecule has 136 valence electrons. The molecule has 4 heteroatoms. The minimum atomic E-state index is -0.561. The van der Waals surface area contributed by atoms with E-state index in [1.807, 2.05) is 6.07 Å². The van der Waals surface area contributed by atoms with E-state index in [2.05, 4.69) is 43.0 Å². The van der Waals surface area contributed by atoms with Crippen molar-refractivity contribution in [2.45, 2.75) is 32.7 Å². The topological polar surface area (TPSA) is 16.4 Å². The van der Waals surface area contributed by atoms with Crippen molar-refractivity contribution in [2.24, 2.45) is 5.41 Å². The van der Waals surface area contributed by atoms with E-state index in [4.69, 9.17) is 4.42 Å². The molecule has 2 nitrogen and oxygen atoms in total. The summed E-state index contributed by atoms with van der Waals surface area (Å²) in [6.07, 6.45) is 2.26. The maximum Gasteiger partial charge on any atom is 0.143 e. The van der Waals surface area contributed by atoms with E-state index < -0.39 is 11.6 Å². The third-order valence-electron chi connectivity index (χ3n) is 5.58. The smallest absolute Gasteiger partial charge is 0.143 e. The fourth-order valence-electron chi connectivity index (χ4n) is 4.39. The van der Waals surface area contributed by atoms with E-state index in [9.17, 15) is 8.78 Å². The van der Waals surface area contributed by atoms with Crippen LogP contribution < -0.4 is 0 Å². The molecule has 1 aliphatic rings. The maximum atomic E-state index is 14.7. The first kappa shape index (κ1) is 17.2. The molecular formula is C22H23F2NO. The van der Waals surface area contributed by atoms with Crippen LogP contribution in [0.15, 0.2) is 53.1 Å². The first-order chi connectivity index (χ1) is 12.5. The summed E-state index contributed by atoms with van der Waals surface area (Å²) >= 11 is 0. The second-order valence-corrected chi connectivity index (χ2v) is 7.94. The van der Waals surface area contributed by atoms with Crippen LogP contribution in [0, 0.1) is 17.0 Å². The van der Waals surface area contributed by atoms with Crippen molar-refractivity contribution in [3.8, 4) is 0 Å². The highest BCUT2D eigenvalue weighted by Gasteiger charge is 2.39. The molecule has 2 heterocycles. The number of likely N-dealkylation sites (tertiary alicyclic amines) is 1. The highest BCUT2D eigenvalue weighted by atomic mass is 19.1. The van der Waals surface area contributed by atoms with Gasteiger partial charge >= 0.3 is 0 Å². The van der Waals surface area contributed by atoms with Crippen molar-refractivity contribution in [1.29, 1.82) is 0 Å². The van der Waals surface area contributed by atoms with E-state index in [0.29, 0.717) is 16.5 Å². The molecule has 2 aromatic carbocycles. The van der Waals surface area contributed by atoms with Gasteiger partial charge in [-0.3, -0.25) is 4.90 Å². The summed E-state index contributed by atoms with van der Waals surface area (Å²) in [5.74, 6) is -1.07. The molecule has 1 fully saturated rings. The van der Waals surface area contributed by atoms with Gasteiger partial charge in [0, 0.05) is 24.7 Å². The Labute approximate surface area is 152 Å². The summed E-state index contributed by atoms with van der Waals surface area (Å²) < 4.78 is 34.2. The van der Waals surface area contributed by atoms with Gasteiger partial charge in [0.2, 0.25) is 0 Å². The number of furan rings is 1. The molecule has 1 saturated heterocycles. The lowest BCUT2D eigenvalue weighted by molar-refractivity contribution is 0.0860. The van der Waals surface area contributed by atoms with Crippen LogP contribution in [0.25, 0.3) is 11.0 Å². The Balaban J connectivity index is 1.63. The van der Waals surface area contributed by atoms with E-state index >= 15 is 0 Å². The normalized spacial score (nSPS) is 20.5. The zero-order valence-electron chi connectivity index (χ0n) is 15.1. The van der Waals surface area contributed by atoms with Gasteiger partial charge in [0.25, 0.3) is 0 Å². The van der Waals surface area contributed by atoms with Gasteiger partial charge in [0.15, 0.2) is 0 Å². The first-order valence-electron chi connectivity index (χ1n) is 9.07. The van der Waals surface area contributed by atoms with Crippen LogP contribution in [0.2, 0.25) is 0 Å². The molecule has 1 aliphatic heterocycles. The molecule has 1 unspecified atom stereocenters. The lowest BCUT2D eigenvalue weighted by Crippen LogP contribution is -2.44. The summed E-state index contributed by atoms with van der Waals surface area (Å²) in [6, 6.07) is 13.0. The van der Waals surface area contributed by atoms with Crippen molar-refractivity contribution in [3.63, 3.8) is 0 Å². The predicted molar refractivity (Wildman–Crippen MR) is 99.0 cm³/mol. The van der Waals surface area contributed by atoms with E-state index in [-0.39, 0.29) is 11.3 Å². The van der Waals surface area contributed by atoms with Gasteiger partial charge in [0.05, 0.1) is 11.6 Å². The van der Waals surface area contributed by atoms with Crippen LogP contribution in [0.5, 0.6) is 0 Å². The summed E-state index contributed by atoms with van der Waals surface area (Å²) in [6.45, 7) is 6.94. The number of rotatable bonds is 3. The highest BCUT2D eigenvalue weighted by molar-refractivity contribution is 5.82. The van der Waals surface area contributed by atoms with Crippen molar-refractivity contribution >= 4 is 11.0 Å². The van der Waals surface area contributed by atoms with Gasteiger partial charge in [-0.25, -0.2) is 8.78 Å². The Kier molecular flexibility index (Phi) is 4.31. The monoisotopic (exact) mass is 355 g/mol. The molecule has 1 aromatic heterocycles. The Morgan fingerprint density at radius 1 is 1.12 bits per heavy atom. The fourth-order valence-corrected chi connectivity index (χ4v) is 4.39. The van der Waals surface area contributed by atoms with Crippen LogP contribution in [0.4, 0.5) is 8.78 Å². The van der Waals surface area contributed by atoms with Gasteiger partial charge in [-0.15, -0.1) is 0 Å².